The summed E-state index contributed by atoms with van der Waals surface area (Å²) in [4.78, 5) is 11.2. The second kappa shape index (κ2) is 4.69. The number of fused-ring (bicyclic) bond motifs is 3. The second-order valence-electron chi connectivity index (χ2n) is 4.78. The van der Waals surface area contributed by atoms with E-state index >= 15 is 0 Å². The zero-order chi connectivity index (χ0) is 13.6. The van der Waals surface area contributed by atoms with Crippen molar-refractivity contribution in [2.24, 2.45) is 0 Å². The molecular formula is C14H14ClNO2S. The number of anilines is 1. The normalized spacial score (nSPS) is 17.3. The lowest BCUT2D eigenvalue weighted by molar-refractivity contribution is -0.131. The first-order valence-electron chi connectivity index (χ1n) is 6.14. The number of carbonyl (C=O) groups is 1. The van der Waals surface area contributed by atoms with Crippen LogP contribution in [0.4, 0.5) is 5.69 Å². The van der Waals surface area contributed by atoms with Gasteiger partial charge in [-0.1, -0.05) is 0 Å². The van der Waals surface area contributed by atoms with Crippen molar-refractivity contribution in [1.82, 2.24) is 0 Å². The third-order valence-corrected chi connectivity index (χ3v) is 4.91. The highest BCUT2D eigenvalue weighted by atomic mass is 35.5. The fourth-order valence-corrected chi connectivity index (χ4v) is 3.92. The molecule has 1 aliphatic heterocycles. The third-order valence-electron chi connectivity index (χ3n) is 3.42. The van der Waals surface area contributed by atoms with Gasteiger partial charge >= 0.3 is 5.97 Å². The summed E-state index contributed by atoms with van der Waals surface area (Å²) < 4.78 is 6.37. The Kier molecular flexibility index (Phi) is 3.15. The van der Waals surface area contributed by atoms with E-state index in [1.165, 1.54) is 23.4 Å². The summed E-state index contributed by atoms with van der Waals surface area (Å²) in [6.07, 6.45) is 0. The number of esters is 1. The van der Waals surface area contributed by atoms with Crippen LogP contribution >= 0.6 is 22.9 Å². The highest BCUT2D eigenvalue weighted by molar-refractivity contribution is 7.17. The molecule has 0 radical (unpaired) electrons. The summed E-state index contributed by atoms with van der Waals surface area (Å²) in [6, 6.07) is 1.92. The van der Waals surface area contributed by atoms with E-state index in [0.29, 0.717) is 17.5 Å². The van der Waals surface area contributed by atoms with Crippen LogP contribution in [0, 0.1) is 6.92 Å². The molecule has 2 aromatic rings. The van der Waals surface area contributed by atoms with Gasteiger partial charge in [0.25, 0.3) is 0 Å². The van der Waals surface area contributed by atoms with Gasteiger partial charge in [-0.3, -0.25) is 4.79 Å². The first kappa shape index (κ1) is 12.8. The maximum Gasteiger partial charge on any atom is 0.308 e. The fourth-order valence-electron chi connectivity index (χ4n) is 2.64. The summed E-state index contributed by atoms with van der Waals surface area (Å²) in [5, 5.41) is 6.64. The molecule has 1 aliphatic rings. The lowest BCUT2D eigenvalue weighted by Crippen LogP contribution is -2.03. The smallest absolute Gasteiger partial charge is 0.308 e. The van der Waals surface area contributed by atoms with E-state index in [4.69, 9.17) is 16.3 Å². The zero-order valence-corrected chi connectivity index (χ0v) is 12.3. The van der Waals surface area contributed by atoms with Crippen molar-refractivity contribution < 1.29 is 9.53 Å². The van der Waals surface area contributed by atoms with Gasteiger partial charge in [-0.25, -0.2) is 0 Å². The van der Waals surface area contributed by atoms with Gasteiger partial charge in [0.05, 0.1) is 4.70 Å². The van der Waals surface area contributed by atoms with E-state index in [2.05, 4.69) is 17.6 Å². The monoisotopic (exact) mass is 295 g/mol. The van der Waals surface area contributed by atoms with Crippen LogP contribution in [0.15, 0.2) is 11.4 Å². The number of carbonyl (C=O) groups excluding carboxylic acids is 1. The molecule has 0 fully saturated rings. The van der Waals surface area contributed by atoms with Gasteiger partial charge in [0.2, 0.25) is 0 Å². The van der Waals surface area contributed by atoms with Crippen LogP contribution < -0.4 is 10.1 Å². The maximum absolute atomic E-state index is 11.2. The summed E-state index contributed by atoms with van der Waals surface area (Å²) in [5.74, 6) is 1.26. The molecule has 5 heteroatoms. The van der Waals surface area contributed by atoms with E-state index in [9.17, 15) is 4.79 Å². The van der Waals surface area contributed by atoms with Crippen molar-refractivity contribution >= 4 is 44.7 Å². The number of rotatable bonds is 2. The Morgan fingerprint density at radius 2 is 2.42 bits per heavy atom. The van der Waals surface area contributed by atoms with Gasteiger partial charge in [-0.05, 0) is 23.4 Å². The maximum atomic E-state index is 11.2. The first-order valence-corrected chi connectivity index (χ1v) is 7.56. The number of alkyl halides is 1. The minimum atomic E-state index is -0.292. The quantitative estimate of drug-likeness (QED) is 0.519. The molecule has 0 saturated carbocycles. The van der Waals surface area contributed by atoms with E-state index < -0.39 is 0 Å². The van der Waals surface area contributed by atoms with Crippen LogP contribution in [0.1, 0.15) is 24.0 Å². The van der Waals surface area contributed by atoms with E-state index in [1.54, 1.807) is 11.3 Å². The van der Waals surface area contributed by atoms with Crippen LogP contribution in [0.2, 0.25) is 0 Å². The number of ether oxygens (including phenoxy) is 1. The molecule has 19 heavy (non-hydrogen) atoms. The van der Waals surface area contributed by atoms with E-state index in [0.717, 1.165) is 16.9 Å². The Bertz CT molecular complexity index is 665. The first-order chi connectivity index (χ1) is 9.11. The van der Waals surface area contributed by atoms with Crippen LogP contribution in [0.3, 0.4) is 0 Å². The summed E-state index contributed by atoms with van der Waals surface area (Å²) in [6.45, 7) is 4.35. The second-order valence-corrected chi connectivity index (χ2v) is 5.97. The molecule has 0 amide bonds. The number of thiophene rings is 1. The molecule has 1 aromatic heterocycles. The van der Waals surface area contributed by atoms with Crippen molar-refractivity contribution in [2.75, 3.05) is 17.7 Å². The topological polar surface area (TPSA) is 38.3 Å². The van der Waals surface area contributed by atoms with Gasteiger partial charge in [0.1, 0.15) is 0 Å². The van der Waals surface area contributed by atoms with Crippen molar-refractivity contribution in [3.05, 3.63) is 22.6 Å². The minimum absolute atomic E-state index is 0.292. The summed E-state index contributed by atoms with van der Waals surface area (Å²) in [7, 11) is 0. The van der Waals surface area contributed by atoms with E-state index in [-0.39, 0.29) is 5.97 Å². The van der Waals surface area contributed by atoms with Crippen molar-refractivity contribution in [2.45, 2.75) is 19.8 Å². The molecule has 0 spiro atoms. The highest BCUT2D eigenvalue weighted by Gasteiger charge is 2.27. The molecule has 1 aromatic carbocycles. The lowest BCUT2D eigenvalue weighted by atomic mass is 9.97. The average molecular weight is 296 g/mol. The molecule has 3 rings (SSSR count). The summed E-state index contributed by atoms with van der Waals surface area (Å²) >= 11 is 7.67. The van der Waals surface area contributed by atoms with Gasteiger partial charge in [0.15, 0.2) is 5.75 Å². The zero-order valence-electron chi connectivity index (χ0n) is 10.7. The Morgan fingerprint density at radius 3 is 3.11 bits per heavy atom. The molecule has 100 valence electrons. The van der Waals surface area contributed by atoms with Crippen LogP contribution in [-0.2, 0) is 4.79 Å². The number of benzene rings is 1. The molecule has 0 unspecified atom stereocenters. The predicted molar refractivity (Wildman–Crippen MR) is 79.8 cm³/mol. The Hall–Kier alpha value is -1.26. The third kappa shape index (κ3) is 1.99. The molecule has 2 heterocycles. The molecule has 0 saturated heterocycles. The molecule has 1 N–H and O–H groups in total. The molecule has 0 aliphatic carbocycles. The van der Waals surface area contributed by atoms with Crippen LogP contribution in [-0.4, -0.2) is 18.4 Å². The largest absolute Gasteiger partial charge is 0.425 e. The molecule has 1 atom stereocenters. The number of hydrogen-bond donors (Lipinski definition) is 1. The van der Waals surface area contributed by atoms with Crippen molar-refractivity contribution in [1.29, 1.82) is 0 Å². The Balaban J connectivity index is 2.28. The lowest BCUT2D eigenvalue weighted by Gasteiger charge is -2.11. The highest BCUT2D eigenvalue weighted by Crippen LogP contribution is 2.46. The van der Waals surface area contributed by atoms with Crippen LogP contribution in [0.5, 0.6) is 5.75 Å². The molecular weight excluding hydrogens is 282 g/mol. The number of hydrogen-bond acceptors (Lipinski definition) is 4. The Morgan fingerprint density at radius 1 is 1.63 bits per heavy atom. The molecule has 3 nitrogen and oxygen atoms in total. The average Bonchev–Trinajstić information content (AvgIpc) is 2.92. The van der Waals surface area contributed by atoms with Crippen LogP contribution in [0.25, 0.3) is 10.1 Å². The molecule has 0 bridgehead atoms. The number of aryl methyl sites for hydroxylation is 1. The standard InChI is InChI=1S/C14H14ClNO2S/c1-7-6-19-14-11(18-8(2)17)3-10-13(12(7)14)9(4-15)5-16-10/h3,6,9,16H,4-5H2,1-2H3/t9-/m1/s1. The van der Waals surface area contributed by atoms with E-state index in [1.807, 2.05) is 6.07 Å². The van der Waals surface area contributed by atoms with Gasteiger partial charge in [-0.2, -0.15) is 0 Å². The van der Waals surface area contributed by atoms with Crippen molar-refractivity contribution in [3.63, 3.8) is 0 Å². The predicted octanol–water partition coefficient (Wildman–Crippen LogP) is 3.88. The number of nitrogens with one attached hydrogen (secondary N) is 1. The van der Waals surface area contributed by atoms with Crippen molar-refractivity contribution in [3.8, 4) is 5.75 Å². The summed E-state index contributed by atoms with van der Waals surface area (Å²) in [5.41, 5.74) is 3.51. The SMILES string of the molecule is CC(=O)Oc1cc2c(c3c(C)csc13)[C@H](CCl)CN2. The fraction of sp³-hybridized carbons (Fsp3) is 0.357. The van der Waals surface area contributed by atoms with Gasteiger partial charge in [-0.15, -0.1) is 22.9 Å². The Labute approximate surface area is 120 Å². The minimum Gasteiger partial charge on any atom is -0.425 e. The number of halogens is 1. The van der Waals surface area contributed by atoms with Gasteiger partial charge in [0, 0.05) is 42.4 Å². The van der Waals surface area contributed by atoms with Gasteiger partial charge < -0.3 is 10.1 Å².